The predicted molar refractivity (Wildman–Crippen MR) is 99.3 cm³/mol. The molecule has 25 heavy (non-hydrogen) atoms. The van der Waals surface area contributed by atoms with Crippen LogP contribution in [-0.2, 0) is 17.6 Å². The van der Waals surface area contributed by atoms with Crippen LogP contribution >= 0.6 is 11.8 Å². The Hall–Kier alpha value is -2.08. The number of aromatic nitrogens is 2. The standard InChI is InChI=1S/C19H21N3O2S/c1-12-6-8-13(9-7-12)20-17(23)10-14-11-25-19-21-16-5-3-2-4-15(16)18(24)22(14)19/h6-9,14H,2-5,10-11H2,1H3,(H,20,23). The van der Waals surface area contributed by atoms with Crippen molar-refractivity contribution in [2.45, 2.75) is 50.2 Å². The van der Waals surface area contributed by atoms with Gasteiger partial charge in [0, 0.05) is 23.4 Å². The molecule has 0 fully saturated rings. The van der Waals surface area contributed by atoms with Gasteiger partial charge in [-0.15, -0.1) is 0 Å². The summed E-state index contributed by atoms with van der Waals surface area (Å²) in [6, 6.07) is 7.62. The highest BCUT2D eigenvalue weighted by atomic mass is 32.2. The van der Waals surface area contributed by atoms with Gasteiger partial charge in [0.25, 0.3) is 5.56 Å². The fourth-order valence-corrected chi connectivity index (χ4v) is 4.68. The number of anilines is 1. The number of fused-ring (bicyclic) bond motifs is 2. The van der Waals surface area contributed by atoms with Crippen LogP contribution in [0.4, 0.5) is 5.69 Å². The van der Waals surface area contributed by atoms with Gasteiger partial charge in [-0.2, -0.15) is 0 Å². The van der Waals surface area contributed by atoms with E-state index in [0.717, 1.165) is 59.1 Å². The van der Waals surface area contributed by atoms with Gasteiger partial charge in [-0.05, 0) is 44.7 Å². The zero-order chi connectivity index (χ0) is 17.4. The largest absolute Gasteiger partial charge is 0.326 e. The van der Waals surface area contributed by atoms with Crippen molar-refractivity contribution >= 4 is 23.4 Å². The van der Waals surface area contributed by atoms with E-state index >= 15 is 0 Å². The maximum atomic E-state index is 12.9. The minimum atomic E-state index is -0.113. The van der Waals surface area contributed by atoms with E-state index in [0.29, 0.717) is 6.42 Å². The van der Waals surface area contributed by atoms with Gasteiger partial charge in [-0.3, -0.25) is 14.2 Å². The molecule has 1 aromatic heterocycles. The Kier molecular flexibility index (Phi) is 4.37. The second-order valence-corrected chi connectivity index (χ2v) is 7.77. The third-order valence-corrected chi connectivity index (χ3v) is 5.98. The molecule has 1 aromatic carbocycles. The summed E-state index contributed by atoms with van der Waals surface area (Å²) in [5, 5.41) is 3.70. The topological polar surface area (TPSA) is 64.0 Å². The van der Waals surface area contributed by atoms with Gasteiger partial charge in [-0.25, -0.2) is 4.98 Å². The summed E-state index contributed by atoms with van der Waals surface area (Å²) >= 11 is 1.59. The number of nitrogens with zero attached hydrogens (tertiary/aromatic N) is 2. The fourth-order valence-electron chi connectivity index (χ4n) is 3.53. The first-order valence-electron chi connectivity index (χ1n) is 8.75. The number of rotatable bonds is 3. The summed E-state index contributed by atoms with van der Waals surface area (Å²) in [4.78, 5) is 30.0. The molecule has 0 spiro atoms. The van der Waals surface area contributed by atoms with Crippen molar-refractivity contribution in [3.8, 4) is 0 Å². The van der Waals surface area contributed by atoms with Gasteiger partial charge < -0.3 is 5.32 Å². The Morgan fingerprint density at radius 2 is 2.04 bits per heavy atom. The molecule has 2 aliphatic rings. The lowest BCUT2D eigenvalue weighted by molar-refractivity contribution is -0.116. The van der Waals surface area contributed by atoms with Gasteiger partial charge in [0.15, 0.2) is 5.16 Å². The van der Waals surface area contributed by atoms with Crippen LogP contribution in [0.25, 0.3) is 0 Å². The quantitative estimate of drug-likeness (QED) is 0.860. The molecule has 1 N–H and O–H groups in total. The average Bonchev–Trinajstić information content (AvgIpc) is 3.00. The summed E-state index contributed by atoms with van der Waals surface area (Å²) in [5.41, 5.74) is 3.85. The smallest absolute Gasteiger partial charge is 0.257 e. The van der Waals surface area contributed by atoms with Crippen molar-refractivity contribution in [3.63, 3.8) is 0 Å². The number of hydrogen-bond donors (Lipinski definition) is 1. The monoisotopic (exact) mass is 355 g/mol. The van der Waals surface area contributed by atoms with Crippen molar-refractivity contribution in [3.05, 3.63) is 51.4 Å². The number of thioether (sulfide) groups is 1. The van der Waals surface area contributed by atoms with Gasteiger partial charge in [0.1, 0.15) is 0 Å². The van der Waals surface area contributed by atoms with E-state index in [1.807, 2.05) is 31.2 Å². The molecule has 1 amide bonds. The van der Waals surface area contributed by atoms with E-state index < -0.39 is 0 Å². The first-order chi connectivity index (χ1) is 12.1. The summed E-state index contributed by atoms with van der Waals surface area (Å²) in [5.74, 6) is 0.666. The lowest BCUT2D eigenvalue weighted by Crippen LogP contribution is -2.32. The van der Waals surface area contributed by atoms with Crippen LogP contribution in [0.5, 0.6) is 0 Å². The lowest BCUT2D eigenvalue weighted by atomic mass is 9.97. The normalized spacial score (nSPS) is 18.5. The van der Waals surface area contributed by atoms with E-state index in [2.05, 4.69) is 5.32 Å². The van der Waals surface area contributed by atoms with Crippen molar-refractivity contribution < 1.29 is 4.79 Å². The Balaban J connectivity index is 1.53. The number of hydrogen-bond acceptors (Lipinski definition) is 4. The zero-order valence-electron chi connectivity index (χ0n) is 14.2. The number of carbonyl (C=O) groups excluding carboxylic acids is 1. The molecule has 0 saturated carbocycles. The van der Waals surface area contributed by atoms with E-state index in [1.54, 1.807) is 16.3 Å². The molecule has 2 aromatic rings. The van der Waals surface area contributed by atoms with Crippen molar-refractivity contribution in [1.29, 1.82) is 0 Å². The zero-order valence-corrected chi connectivity index (χ0v) is 15.1. The van der Waals surface area contributed by atoms with E-state index in [1.165, 1.54) is 0 Å². The molecular formula is C19H21N3O2S. The summed E-state index contributed by atoms with van der Waals surface area (Å²) in [6.45, 7) is 2.01. The van der Waals surface area contributed by atoms with Crippen LogP contribution in [0, 0.1) is 6.92 Å². The third-order valence-electron chi connectivity index (χ3n) is 4.88. The Labute approximate surface area is 150 Å². The molecule has 2 heterocycles. The summed E-state index contributed by atoms with van der Waals surface area (Å²) < 4.78 is 1.75. The fraction of sp³-hybridized carbons (Fsp3) is 0.421. The highest BCUT2D eigenvalue weighted by Gasteiger charge is 2.30. The second-order valence-electron chi connectivity index (χ2n) is 6.79. The third kappa shape index (κ3) is 3.23. The molecular weight excluding hydrogens is 334 g/mol. The first kappa shape index (κ1) is 16.4. The van der Waals surface area contributed by atoms with Crippen molar-refractivity contribution in [2.24, 2.45) is 0 Å². The number of amides is 1. The molecule has 1 aliphatic carbocycles. The number of nitrogens with one attached hydrogen (secondary N) is 1. The molecule has 0 bridgehead atoms. The summed E-state index contributed by atoms with van der Waals surface area (Å²) in [6.07, 6.45) is 4.17. The van der Waals surface area contributed by atoms with Crippen LogP contribution in [0.15, 0.2) is 34.2 Å². The van der Waals surface area contributed by atoms with E-state index in [4.69, 9.17) is 4.98 Å². The van der Waals surface area contributed by atoms with E-state index in [9.17, 15) is 9.59 Å². The highest BCUT2D eigenvalue weighted by Crippen LogP contribution is 2.33. The Bertz CT molecular complexity index is 873. The van der Waals surface area contributed by atoms with Gasteiger partial charge >= 0.3 is 0 Å². The van der Waals surface area contributed by atoms with Crippen LogP contribution in [0.2, 0.25) is 0 Å². The van der Waals surface area contributed by atoms with Crippen LogP contribution < -0.4 is 10.9 Å². The Morgan fingerprint density at radius 1 is 1.28 bits per heavy atom. The minimum absolute atomic E-state index is 0.0630. The number of aryl methyl sites for hydroxylation is 2. The van der Waals surface area contributed by atoms with Crippen molar-refractivity contribution in [2.75, 3.05) is 11.1 Å². The highest BCUT2D eigenvalue weighted by molar-refractivity contribution is 7.99. The van der Waals surface area contributed by atoms with Crippen LogP contribution in [0.1, 0.15) is 42.1 Å². The molecule has 1 aliphatic heterocycles. The molecule has 6 heteroatoms. The van der Waals surface area contributed by atoms with Gasteiger partial charge in [0.2, 0.25) is 5.91 Å². The molecule has 0 radical (unpaired) electrons. The van der Waals surface area contributed by atoms with E-state index in [-0.39, 0.29) is 17.5 Å². The molecule has 4 rings (SSSR count). The summed E-state index contributed by atoms with van der Waals surface area (Å²) in [7, 11) is 0. The molecule has 5 nitrogen and oxygen atoms in total. The van der Waals surface area contributed by atoms with Crippen LogP contribution in [-0.4, -0.2) is 21.2 Å². The minimum Gasteiger partial charge on any atom is -0.326 e. The lowest BCUT2D eigenvalue weighted by Gasteiger charge is -2.18. The number of carbonyl (C=O) groups is 1. The number of benzene rings is 1. The Morgan fingerprint density at radius 3 is 2.84 bits per heavy atom. The predicted octanol–water partition coefficient (Wildman–Crippen LogP) is 3.11. The van der Waals surface area contributed by atoms with Crippen LogP contribution in [0.3, 0.4) is 0 Å². The van der Waals surface area contributed by atoms with Gasteiger partial charge in [0.05, 0.1) is 11.7 Å². The second kappa shape index (κ2) is 6.67. The SMILES string of the molecule is Cc1ccc(NC(=O)CC2CSc3nc4c(c(=O)n32)CCCC4)cc1. The van der Waals surface area contributed by atoms with Crippen molar-refractivity contribution in [1.82, 2.24) is 9.55 Å². The molecule has 1 unspecified atom stereocenters. The average molecular weight is 355 g/mol. The maximum Gasteiger partial charge on any atom is 0.257 e. The molecule has 1 atom stereocenters. The van der Waals surface area contributed by atoms with Gasteiger partial charge in [-0.1, -0.05) is 29.5 Å². The molecule has 0 saturated heterocycles. The maximum absolute atomic E-state index is 12.9. The first-order valence-corrected chi connectivity index (χ1v) is 9.74. The molecule has 130 valence electrons.